The average molecular weight is 429 g/mol. The number of benzene rings is 2. The molecule has 2 amide bonds. The van der Waals surface area contributed by atoms with Crippen molar-refractivity contribution >= 4 is 33.8 Å². The molecule has 0 spiro atoms. The monoisotopic (exact) mass is 428 g/mol. The van der Waals surface area contributed by atoms with Crippen LogP contribution in [0.3, 0.4) is 0 Å². The average Bonchev–Trinajstić information content (AvgIpc) is 2.68. The van der Waals surface area contributed by atoms with Gasteiger partial charge in [-0.05, 0) is 36.3 Å². The lowest BCUT2D eigenvalue weighted by atomic mass is 10.2. The molecule has 27 heavy (non-hydrogen) atoms. The Morgan fingerprint density at radius 1 is 1.07 bits per heavy atom. The van der Waals surface area contributed by atoms with Gasteiger partial charge in [-0.25, -0.2) is 0 Å². The molecule has 0 bridgehead atoms. The van der Waals surface area contributed by atoms with Crippen molar-refractivity contribution in [1.29, 1.82) is 0 Å². The van der Waals surface area contributed by atoms with Crippen molar-refractivity contribution in [2.45, 2.75) is 6.42 Å². The van der Waals surface area contributed by atoms with Crippen molar-refractivity contribution in [3.8, 4) is 0 Å². The van der Waals surface area contributed by atoms with Gasteiger partial charge in [0, 0.05) is 23.2 Å². The maximum Gasteiger partial charge on any atom is 0.267 e. The maximum absolute atomic E-state index is 12.5. The molecule has 0 radical (unpaired) electrons. The Kier molecular flexibility index (Phi) is 8.48. The smallest absolute Gasteiger partial charge is 0.267 e. The van der Waals surface area contributed by atoms with E-state index >= 15 is 0 Å². The van der Waals surface area contributed by atoms with Crippen molar-refractivity contribution in [3.05, 3.63) is 88.0 Å². The largest absolute Gasteiger partial charge is 0.396 e. The third kappa shape index (κ3) is 7.21. The van der Waals surface area contributed by atoms with Crippen molar-refractivity contribution in [3.63, 3.8) is 0 Å². The van der Waals surface area contributed by atoms with E-state index in [1.807, 2.05) is 42.5 Å². The van der Waals surface area contributed by atoms with Crippen molar-refractivity contribution < 1.29 is 14.7 Å². The number of rotatable bonds is 8. The Morgan fingerprint density at radius 2 is 1.85 bits per heavy atom. The predicted molar refractivity (Wildman–Crippen MR) is 110 cm³/mol. The van der Waals surface area contributed by atoms with Gasteiger partial charge in [0.2, 0.25) is 0 Å². The van der Waals surface area contributed by atoms with Crippen LogP contribution in [0, 0.1) is 0 Å². The summed E-state index contributed by atoms with van der Waals surface area (Å²) in [6.45, 7) is 0.305. The summed E-state index contributed by atoms with van der Waals surface area (Å²) in [5.41, 5.74) is 1.54. The fraction of sp³-hybridized carbons (Fsp3) is 0.143. The van der Waals surface area contributed by atoms with Crippen LogP contribution < -0.4 is 10.6 Å². The highest BCUT2D eigenvalue weighted by atomic mass is 79.9. The number of aliphatic hydroxyl groups excluding tert-OH is 1. The predicted octanol–water partition coefficient (Wildman–Crippen LogP) is 3.27. The molecule has 6 heteroatoms. The number of hydrogen-bond acceptors (Lipinski definition) is 3. The van der Waals surface area contributed by atoms with E-state index in [0.29, 0.717) is 18.5 Å². The molecule has 140 valence electrons. The van der Waals surface area contributed by atoms with Gasteiger partial charge in [-0.15, -0.1) is 0 Å². The first-order valence-electron chi connectivity index (χ1n) is 8.49. The molecule has 0 saturated heterocycles. The third-order valence-corrected chi connectivity index (χ3v) is 4.04. The number of halogens is 1. The zero-order valence-electron chi connectivity index (χ0n) is 14.7. The molecule has 0 aliphatic heterocycles. The molecule has 0 aliphatic carbocycles. The summed E-state index contributed by atoms with van der Waals surface area (Å²) in [6, 6.07) is 16.5. The minimum Gasteiger partial charge on any atom is -0.396 e. The molecule has 2 aromatic carbocycles. The minimum atomic E-state index is -0.412. The lowest BCUT2D eigenvalue weighted by molar-refractivity contribution is -0.117. The lowest BCUT2D eigenvalue weighted by Crippen LogP contribution is -2.35. The van der Waals surface area contributed by atoms with E-state index in [9.17, 15) is 9.59 Å². The van der Waals surface area contributed by atoms with E-state index in [-0.39, 0.29) is 18.2 Å². The molecule has 0 unspecified atom stereocenters. The van der Waals surface area contributed by atoms with Gasteiger partial charge >= 0.3 is 0 Å². The van der Waals surface area contributed by atoms with Crippen LogP contribution in [0.2, 0.25) is 0 Å². The number of amides is 2. The number of aliphatic hydroxyl groups is 1. The van der Waals surface area contributed by atoms with Gasteiger partial charge in [0.25, 0.3) is 11.8 Å². The SMILES string of the molecule is O=C(NCCCO)/C(=C\C=C\c1ccccc1)NC(=O)c1cccc(Br)c1. The molecule has 0 fully saturated rings. The van der Waals surface area contributed by atoms with E-state index in [2.05, 4.69) is 26.6 Å². The fourth-order valence-electron chi connectivity index (χ4n) is 2.19. The first-order chi connectivity index (χ1) is 13.1. The van der Waals surface area contributed by atoms with Crippen LogP contribution in [-0.2, 0) is 4.79 Å². The first kappa shape index (κ1) is 20.6. The number of nitrogens with one attached hydrogen (secondary N) is 2. The molecular formula is C21H21BrN2O3. The van der Waals surface area contributed by atoms with E-state index in [1.54, 1.807) is 30.4 Å². The van der Waals surface area contributed by atoms with Crippen LogP contribution >= 0.6 is 15.9 Å². The van der Waals surface area contributed by atoms with Crippen LogP contribution in [0.15, 0.2) is 76.9 Å². The Hall–Kier alpha value is -2.70. The Balaban J connectivity index is 2.15. The number of allylic oxidation sites excluding steroid dienone is 2. The molecule has 0 atom stereocenters. The van der Waals surface area contributed by atoms with Gasteiger partial charge in [0.15, 0.2) is 0 Å². The Morgan fingerprint density at radius 3 is 2.56 bits per heavy atom. The summed E-state index contributed by atoms with van der Waals surface area (Å²) in [7, 11) is 0. The molecular weight excluding hydrogens is 408 g/mol. The normalized spacial score (nSPS) is 11.4. The second kappa shape index (κ2) is 11.1. The molecule has 0 aromatic heterocycles. The molecule has 0 heterocycles. The second-order valence-corrected chi connectivity index (χ2v) is 6.56. The topological polar surface area (TPSA) is 78.4 Å². The standard InChI is InChI=1S/C21H21BrN2O3/c22-18-11-5-10-17(15-18)20(26)24-19(21(27)23-13-6-14-25)12-4-9-16-7-2-1-3-8-16/h1-5,7-12,15,25H,6,13-14H2,(H,23,27)(H,24,26)/b9-4+,19-12+. The molecule has 3 N–H and O–H groups in total. The van der Waals surface area contributed by atoms with E-state index in [1.165, 1.54) is 0 Å². The molecule has 2 rings (SSSR count). The van der Waals surface area contributed by atoms with Gasteiger partial charge in [0.05, 0.1) is 0 Å². The van der Waals surface area contributed by atoms with Gasteiger partial charge in [0.1, 0.15) is 5.70 Å². The Bertz CT molecular complexity index is 832. The van der Waals surface area contributed by atoms with Crippen LogP contribution in [0.5, 0.6) is 0 Å². The quantitative estimate of drug-likeness (QED) is 0.343. The fourth-order valence-corrected chi connectivity index (χ4v) is 2.59. The molecule has 0 saturated carbocycles. The molecule has 0 aliphatic rings. The minimum absolute atomic E-state index is 0.0162. The van der Waals surface area contributed by atoms with Gasteiger partial charge < -0.3 is 15.7 Å². The highest BCUT2D eigenvalue weighted by molar-refractivity contribution is 9.10. The summed E-state index contributed by atoms with van der Waals surface area (Å²) in [5.74, 6) is -0.794. The van der Waals surface area contributed by atoms with Gasteiger partial charge in [-0.1, -0.05) is 64.5 Å². The van der Waals surface area contributed by atoms with Gasteiger partial charge in [-0.3, -0.25) is 9.59 Å². The lowest BCUT2D eigenvalue weighted by Gasteiger charge is -2.10. The molecule has 2 aromatic rings. The zero-order chi connectivity index (χ0) is 19.5. The van der Waals surface area contributed by atoms with E-state index in [4.69, 9.17) is 5.11 Å². The number of carbonyl (C=O) groups is 2. The summed E-state index contributed by atoms with van der Waals surface area (Å²) in [5, 5.41) is 14.2. The second-order valence-electron chi connectivity index (χ2n) is 5.65. The van der Waals surface area contributed by atoms with Crippen molar-refractivity contribution in [1.82, 2.24) is 10.6 Å². The number of hydrogen-bond donors (Lipinski definition) is 3. The van der Waals surface area contributed by atoms with Crippen molar-refractivity contribution in [2.75, 3.05) is 13.2 Å². The van der Waals surface area contributed by atoms with Crippen LogP contribution in [0.25, 0.3) is 6.08 Å². The van der Waals surface area contributed by atoms with Crippen molar-refractivity contribution in [2.24, 2.45) is 0 Å². The summed E-state index contributed by atoms with van der Waals surface area (Å²) >= 11 is 3.33. The third-order valence-electron chi connectivity index (χ3n) is 3.55. The highest BCUT2D eigenvalue weighted by Gasteiger charge is 2.13. The van der Waals surface area contributed by atoms with E-state index in [0.717, 1.165) is 10.0 Å². The summed E-state index contributed by atoms with van der Waals surface area (Å²) in [4.78, 5) is 24.8. The summed E-state index contributed by atoms with van der Waals surface area (Å²) in [6.07, 6.45) is 5.54. The van der Waals surface area contributed by atoms with Crippen LogP contribution in [-0.4, -0.2) is 30.1 Å². The summed E-state index contributed by atoms with van der Waals surface area (Å²) < 4.78 is 0.775. The van der Waals surface area contributed by atoms with Crippen LogP contribution in [0.1, 0.15) is 22.3 Å². The first-order valence-corrected chi connectivity index (χ1v) is 9.29. The maximum atomic E-state index is 12.5. The zero-order valence-corrected chi connectivity index (χ0v) is 16.3. The van der Waals surface area contributed by atoms with E-state index < -0.39 is 5.91 Å². The van der Waals surface area contributed by atoms with Crippen LogP contribution in [0.4, 0.5) is 0 Å². The number of carbonyl (C=O) groups excluding carboxylic acids is 2. The highest BCUT2D eigenvalue weighted by Crippen LogP contribution is 2.12. The van der Waals surface area contributed by atoms with Gasteiger partial charge in [-0.2, -0.15) is 0 Å². The Labute approximate surface area is 166 Å². The molecule has 5 nitrogen and oxygen atoms in total.